The average molecular weight is 287 g/mol. The highest BCUT2D eigenvalue weighted by molar-refractivity contribution is 5.24. The van der Waals surface area contributed by atoms with Crippen LogP contribution < -0.4 is 5.32 Å². The van der Waals surface area contributed by atoms with Gasteiger partial charge in [0.05, 0.1) is 18.4 Å². The van der Waals surface area contributed by atoms with Crippen molar-refractivity contribution in [3.05, 3.63) is 30.4 Å². The minimum absolute atomic E-state index is 0.389. The molecule has 3 rings (SSSR count). The van der Waals surface area contributed by atoms with Gasteiger partial charge in [0.2, 0.25) is 5.95 Å². The minimum Gasteiger partial charge on any atom is -0.349 e. The van der Waals surface area contributed by atoms with Crippen LogP contribution in [0.25, 0.3) is 0 Å². The van der Waals surface area contributed by atoms with Gasteiger partial charge in [-0.3, -0.25) is 9.58 Å². The number of aryl methyl sites for hydroxylation is 1. The fraction of sp³-hybridized carbons (Fsp3) is 0.571. The first-order valence-electron chi connectivity index (χ1n) is 7.42. The summed E-state index contributed by atoms with van der Waals surface area (Å²) in [4.78, 5) is 6.83. The normalized spacial score (nSPS) is 19.6. The first kappa shape index (κ1) is 13.9. The molecule has 7 nitrogen and oxygen atoms in total. The van der Waals surface area contributed by atoms with Crippen molar-refractivity contribution in [2.24, 2.45) is 0 Å². The van der Waals surface area contributed by atoms with E-state index in [2.05, 4.69) is 30.5 Å². The monoisotopic (exact) mass is 287 g/mol. The van der Waals surface area contributed by atoms with Crippen LogP contribution in [0.5, 0.6) is 0 Å². The zero-order valence-electron chi connectivity index (χ0n) is 12.3. The molecule has 0 bridgehead atoms. The molecule has 0 aromatic carbocycles. The van der Waals surface area contributed by atoms with Crippen LogP contribution in [0, 0.1) is 6.92 Å². The lowest BCUT2D eigenvalue weighted by Gasteiger charge is -2.32. The number of nitrogens with one attached hydrogen (secondary N) is 1. The molecule has 112 valence electrons. The lowest BCUT2D eigenvalue weighted by molar-refractivity contribution is 0.206. The molecule has 0 saturated carbocycles. The van der Waals surface area contributed by atoms with Gasteiger partial charge in [0.1, 0.15) is 0 Å². The Balaban J connectivity index is 1.51. The fourth-order valence-corrected chi connectivity index (χ4v) is 2.68. The van der Waals surface area contributed by atoms with E-state index >= 15 is 0 Å². The Morgan fingerprint density at radius 3 is 3.14 bits per heavy atom. The second-order valence-electron chi connectivity index (χ2n) is 5.47. The number of piperidine rings is 1. The maximum Gasteiger partial charge on any atom is 0.243 e. The summed E-state index contributed by atoms with van der Waals surface area (Å²) in [6.07, 6.45) is 7.84. The molecule has 1 N–H and O–H groups in total. The summed E-state index contributed by atoms with van der Waals surface area (Å²) < 4.78 is 1.98. The molecule has 1 aliphatic heterocycles. The van der Waals surface area contributed by atoms with Crippen molar-refractivity contribution >= 4 is 5.95 Å². The van der Waals surface area contributed by atoms with Crippen molar-refractivity contribution in [3.8, 4) is 0 Å². The van der Waals surface area contributed by atoms with Gasteiger partial charge in [-0.25, -0.2) is 4.98 Å². The number of aromatic nitrogens is 5. The van der Waals surface area contributed by atoms with Crippen LogP contribution >= 0.6 is 0 Å². The highest BCUT2D eigenvalue weighted by Crippen LogP contribution is 2.13. The van der Waals surface area contributed by atoms with E-state index in [1.54, 1.807) is 6.20 Å². The molecule has 1 fully saturated rings. The maximum atomic E-state index is 4.36. The molecule has 2 aromatic rings. The van der Waals surface area contributed by atoms with Crippen LogP contribution in [-0.4, -0.2) is 55.5 Å². The number of nitrogens with zero attached hydrogens (tertiary/aromatic N) is 6. The number of hydrogen-bond acceptors (Lipinski definition) is 6. The highest BCUT2D eigenvalue weighted by atomic mass is 15.3. The first-order valence-corrected chi connectivity index (χ1v) is 7.42. The Bertz CT molecular complexity index is 554. The summed E-state index contributed by atoms with van der Waals surface area (Å²) in [5.74, 6) is 0.633. The lowest BCUT2D eigenvalue weighted by atomic mass is 10.1. The second kappa shape index (κ2) is 6.62. The van der Waals surface area contributed by atoms with Crippen molar-refractivity contribution in [1.29, 1.82) is 0 Å². The Kier molecular flexibility index (Phi) is 4.40. The minimum atomic E-state index is 0.389. The molecule has 3 heterocycles. The zero-order chi connectivity index (χ0) is 14.5. The van der Waals surface area contributed by atoms with E-state index in [-0.39, 0.29) is 0 Å². The number of hydrogen-bond donors (Lipinski definition) is 1. The van der Waals surface area contributed by atoms with Gasteiger partial charge in [0, 0.05) is 31.5 Å². The number of rotatable bonds is 5. The zero-order valence-corrected chi connectivity index (χ0v) is 12.3. The van der Waals surface area contributed by atoms with Crippen LogP contribution in [0.4, 0.5) is 5.95 Å². The van der Waals surface area contributed by atoms with Crippen molar-refractivity contribution in [2.45, 2.75) is 32.4 Å². The summed E-state index contributed by atoms with van der Waals surface area (Å²) in [5.41, 5.74) is 0.888. The van der Waals surface area contributed by atoms with E-state index in [1.165, 1.54) is 6.42 Å². The van der Waals surface area contributed by atoms with Crippen molar-refractivity contribution in [3.63, 3.8) is 0 Å². The Labute approximate surface area is 124 Å². The van der Waals surface area contributed by atoms with Crippen LogP contribution in [0.15, 0.2) is 24.7 Å². The Hall–Kier alpha value is -2.02. The van der Waals surface area contributed by atoms with Gasteiger partial charge < -0.3 is 5.32 Å². The summed E-state index contributed by atoms with van der Waals surface area (Å²) in [7, 11) is 0. The molecule has 1 atom stereocenters. The Morgan fingerprint density at radius 2 is 2.33 bits per heavy atom. The van der Waals surface area contributed by atoms with E-state index in [9.17, 15) is 0 Å². The van der Waals surface area contributed by atoms with E-state index < -0.39 is 0 Å². The molecule has 7 heteroatoms. The topological polar surface area (TPSA) is 71.8 Å². The van der Waals surface area contributed by atoms with Crippen LogP contribution in [-0.2, 0) is 6.54 Å². The summed E-state index contributed by atoms with van der Waals surface area (Å²) in [6.45, 7) is 6.04. The highest BCUT2D eigenvalue weighted by Gasteiger charge is 2.20. The van der Waals surface area contributed by atoms with E-state index in [0.717, 1.165) is 38.3 Å². The van der Waals surface area contributed by atoms with E-state index in [0.29, 0.717) is 12.0 Å². The molecule has 0 radical (unpaired) electrons. The molecule has 0 amide bonds. The molecular formula is C14H21N7. The van der Waals surface area contributed by atoms with E-state index in [1.807, 2.05) is 30.1 Å². The van der Waals surface area contributed by atoms with Gasteiger partial charge in [0.15, 0.2) is 0 Å². The van der Waals surface area contributed by atoms with Gasteiger partial charge in [-0.05, 0) is 32.4 Å². The third-order valence-corrected chi connectivity index (χ3v) is 3.72. The third-order valence-electron chi connectivity index (χ3n) is 3.72. The largest absolute Gasteiger partial charge is 0.349 e. The van der Waals surface area contributed by atoms with Gasteiger partial charge in [-0.15, -0.1) is 5.10 Å². The average Bonchev–Trinajstić information content (AvgIpc) is 2.99. The molecule has 21 heavy (non-hydrogen) atoms. The lowest BCUT2D eigenvalue weighted by Crippen LogP contribution is -2.43. The summed E-state index contributed by atoms with van der Waals surface area (Å²) in [5, 5.41) is 15.6. The van der Waals surface area contributed by atoms with Gasteiger partial charge in [0.25, 0.3) is 0 Å². The molecular weight excluding hydrogens is 266 g/mol. The molecule has 0 aliphatic carbocycles. The van der Waals surface area contributed by atoms with E-state index in [4.69, 9.17) is 0 Å². The van der Waals surface area contributed by atoms with Crippen LogP contribution in [0.2, 0.25) is 0 Å². The van der Waals surface area contributed by atoms with Crippen LogP contribution in [0.1, 0.15) is 18.5 Å². The molecule has 1 aliphatic rings. The van der Waals surface area contributed by atoms with Crippen molar-refractivity contribution in [1.82, 2.24) is 29.9 Å². The SMILES string of the molecule is Cc1cnnc(N[C@@H]2CCCN(CCn3cccn3)C2)n1. The number of likely N-dealkylation sites (tertiary alicyclic amines) is 1. The Morgan fingerprint density at radius 1 is 1.38 bits per heavy atom. The molecule has 0 spiro atoms. The number of anilines is 1. The molecule has 1 saturated heterocycles. The quantitative estimate of drug-likeness (QED) is 0.883. The summed E-state index contributed by atoms with van der Waals surface area (Å²) >= 11 is 0. The molecule has 2 aromatic heterocycles. The fourth-order valence-electron chi connectivity index (χ4n) is 2.68. The first-order chi connectivity index (χ1) is 10.3. The maximum absolute atomic E-state index is 4.36. The van der Waals surface area contributed by atoms with Gasteiger partial charge in [-0.1, -0.05) is 0 Å². The van der Waals surface area contributed by atoms with Gasteiger partial charge in [-0.2, -0.15) is 10.2 Å². The molecule has 0 unspecified atom stereocenters. The smallest absolute Gasteiger partial charge is 0.243 e. The van der Waals surface area contributed by atoms with Crippen molar-refractivity contribution in [2.75, 3.05) is 25.0 Å². The van der Waals surface area contributed by atoms with Crippen LogP contribution in [0.3, 0.4) is 0 Å². The predicted octanol–water partition coefficient (Wildman–Crippen LogP) is 0.953. The van der Waals surface area contributed by atoms with Gasteiger partial charge >= 0.3 is 0 Å². The third kappa shape index (κ3) is 3.98. The predicted molar refractivity (Wildman–Crippen MR) is 79.9 cm³/mol. The standard InChI is InChI=1S/C14H21N7/c1-12-10-15-19-14(17-12)18-13-4-2-6-20(11-13)8-9-21-7-3-5-16-21/h3,5,7,10,13H,2,4,6,8-9,11H2,1H3,(H,17,18,19)/t13-/m1/s1. The second-order valence-corrected chi connectivity index (χ2v) is 5.47. The van der Waals surface area contributed by atoms with Crippen molar-refractivity contribution < 1.29 is 0 Å². The summed E-state index contributed by atoms with van der Waals surface area (Å²) in [6, 6.07) is 2.35.